The highest BCUT2D eigenvalue weighted by atomic mass is 32.2. The fraction of sp³-hybridized carbons (Fsp3) is 0.263. The van der Waals surface area contributed by atoms with Gasteiger partial charge in [0.2, 0.25) is 10.0 Å². The minimum absolute atomic E-state index is 0.170. The van der Waals surface area contributed by atoms with Crippen molar-refractivity contribution in [1.29, 1.82) is 0 Å². The first-order valence-corrected chi connectivity index (χ1v) is 9.36. The Morgan fingerprint density at radius 1 is 0.957 bits per heavy atom. The predicted octanol–water partition coefficient (Wildman–Crippen LogP) is 3.94. The van der Waals surface area contributed by atoms with Crippen molar-refractivity contribution in [3.8, 4) is 0 Å². The van der Waals surface area contributed by atoms with Gasteiger partial charge in [-0.15, -0.1) is 0 Å². The average molecular weight is 327 g/mol. The molecule has 1 saturated heterocycles. The first-order valence-electron chi connectivity index (χ1n) is 7.92. The zero-order valence-corrected chi connectivity index (χ0v) is 13.9. The molecule has 1 fully saturated rings. The minimum atomic E-state index is -3.49. The molecule has 1 aliphatic heterocycles. The second-order valence-electron chi connectivity index (χ2n) is 5.83. The third kappa shape index (κ3) is 3.23. The molecule has 1 atom stereocenters. The lowest BCUT2D eigenvalue weighted by molar-refractivity contribution is 0.299. The normalized spacial score (nSPS) is 19.4. The van der Waals surface area contributed by atoms with Crippen LogP contribution in [0.15, 0.2) is 72.1 Å². The smallest absolute Gasteiger partial charge is 0.207 e. The second kappa shape index (κ2) is 6.69. The predicted molar refractivity (Wildman–Crippen MR) is 93.4 cm³/mol. The van der Waals surface area contributed by atoms with Gasteiger partial charge in [-0.05, 0) is 36.1 Å². The number of piperidine rings is 1. The van der Waals surface area contributed by atoms with E-state index in [-0.39, 0.29) is 6.04 Å². The van der Waals surface area contributed by atoms with Gasteiger partial charge in [0.25, 0.3) is 0 Å². The summed E-state index contributed by atoms with van der Waals surface area (Å²) >= 11 is 0. The molecule has 0 radical (unpaired) electrons. The fourth-order valence-electron chi connectivity index (χ4n) is 3.11. The van der Waals surface area contributed by atoms with E-state index < -0.39 is 10.0 Å². The molecule has 4 heteroatoms. The Labute approximate surface area is 138 Å². The van der Waals surface area contributed by atoms with Crippen molar-refractivity contribution in [2.75, 3.05) is 6.54 Å². The van der Waals surface area contributed by atoms with E-state index >= 15 is 0 Å². The topological polar surface area (TPSA) is 37.4 Å². The Morgan fingerprint density at radius 3 is 2.22 bits per heavy atom. The maximum absolute atomic E-state index is 13.0. The quantitative estimate of drug-likeness (QED) is 0.853. The lowest BCUT2D eigenvalue weighted by Gasteiger charge is -2.36. The van der Waals surface area contributed by atoms with Gasteiger partial charge in [-0.3, -0.25) is 0 Å². The molecule has 3 nitrogen and oxygen atoms in total. The molecule has 120 valence electrons. The second-order valence-corrected chi connectivity index (χ2v) is 7.72. The van der Waals surface area contributed by atoms with Crippen LogP contribution in [0.4, 0.5) is 0 Å². The molecular weight excluding hydrogens is 306 g/mol. The number of rotatable bonds is 4. The van der Waals surface area contributed by atoms with E-state index in [0.29, 0.717) is 11.4 Å². The summed E-state index contributed by atoms with van der Waals surface area (Å²) in [5, 5.41) is 0. The molecule has 2 aromatic rings. The van der Waals surface area contributed by atoms with Crippen molar-refractivity contribution in [3.05, 3.63) is 72.8 Å². The molecule has 0 spiro atoms. The lowest BCUT2D eigenvalue weighted by Crippen LogP contribution is -2.44. The standard InChI is InChI=1S/C19H21NO2S/c1-16(17-10-4-2-5-11-17)19-14-8-9-15-20(19)23(21,22)18-12-6-3-7-13-18/h2-7,10-13,19H,1,8-9,14-15H2. The van der Waals surface area contributed by atoms with E-state index in [9.17, 15) is 8.42 Å². The Morgan fingerprint density at radius 2 is 1.57 bits per heavy atom. The van der Waals surface area contributed by atoms with Crippen molar-refractivity contribution in [2.24, 2.45) is 0 Å². The minimum Gasteiger partial charge on any atom is -0.207 e. The van der Waals surface area contributed by atoms with Crippen LogP contribution in [-0.2, 0) is 10.0 Å². The van der Waals surface area contributed by atoms with Crippen LogP contribution in [0.1, 0.15) is 24.8 Å². The Kier molecular flexibility index (Phi) is 4.64. The van der Waals surface area contributed by atoms with Crippen LogP contribution in [-0.4, -0.2) is 25.3 Å². The first kappa shape index (κ1) is 16.0. The molecule has 0 aromatic heterocycles. The first-order chi connectivity index (χ1) is 11.1. The van der Waals surface area contributed by atoms with Crippen LogP contribution in [0, 0.1) is 0 Å². The molecule has 3 rings (SSSR count). The van der Waals surface area contributed by atoms with Gasteiger partial charge in [0.05, 0.1) is 10.9 Å². The highest BCUT2D eigenvalue weighted by Crippen LogP contribution is 2.32. The van der Waals surface area contributed by atoms with Crippen LogP contribution in [0.3, 0.4) is 0 Å². The SMILES string of the molecule is C=C(c1ccccc1)C1CCCCN1S(=O)(=O)c1ccccc1. The Bertz CT molecular complexity index is 770. The van der Waals surface area contributed by atoms with Gasteiger partial charge >= 0.3 is 0 Å². The zero-order valence-electron chi connectivity index (χ0n) is 13.1. The average Bonchev–Trinajstić information content (AvgIpc) is 2.62. The molecule has 1 aliphatic rings. The van der Waals surface area contributed by atoms with Gasteiger partial charge in [-0.1, -0.05) is 61.5 Å². The van der Waals surface area contributed by atoms with Gasteiger partial charge in [0, 0.05) is 6.54 Å². The van der Waals surface area contributed by atoms with E-state index in [4.69, 9.17) is 0 Å². The third-order valence-electron chi connectivity index (χ3n) is 4.35. The summed E-state index contributed by atoms with van der Waals surface area (Å²) in [6, 6.07) is 18.4. The van der Waals surface area contributed by atoms with Crippen LogP contribution in [0.5, 0.6) is 0 Å². The van der Waals surface area contributed by atoms with Gasteiger partial charge < -0.3 is 0 Å². The summed E-state index contributed by atoms with van der Waals surface area (Å²) in [5.74, 6) is 0. The van der Waals surface area contributed by atoms with E-state index in [1.807, 2.05) is 36.4 Å². The van der Waals surface area contributed by atoms with Gasteiger partial charge in [-0.2, -0.15) is 4.31 Å². The van der Waals surface area contributed by atoms with Crippen LogP contribution >= 0.6 is 0 Å². The van der Waals surface area contributed by atoms with Crippen LogP contribution < -0.4 is 0 Å². The van der Waals surface area contributed by atoms with E-state index in [1.165, 1.54) is 0 Å². The lowest BCUT2D eigenvalue weighted by atomic mass is 9.93. The molecule has 0 saturated carbocycles. The molecule has 1 heterocycles. The van der Waals surface area contributed by atoms with Crippen molar-refractivity contribution in [1.82, 2.24) is 4.31 Å². The highest BCUT2D eigenvalue weighted by molar-refractivity contribution is 7.89. The number of nitrogens with zero attached hydrogens (tertiary/aromatic N) is 1. The molecule has 0 bridgehead atoms. The molecular formula is C19H21NO2S. The largest absolute Gasteiger partial charge is 0.243 e. The fourth-order valence-corrected chi connectivity index (χ4v) is 4.82. The van der Waals surface area contributed by atoms with Crippen molar-refractivity contribution >= 4 is 15.6 Å². The third-order valence-corrected chi connectivity index (χ3v) is 6.27. The van der Waals surface area contributed by atoms with Gasteiger partial charge in [-0.25, -0.2) is 8.42 Å². The molecule has 1 unspecified atom stereocenters. The van der Waals surface area contributed by atoms with Crippen LogP contribution in [0.25, 0.3) is 5.57 Å². The Balaban J connectivity index is 1.95. The number of benzene rings is 2. The van der Waals surface area contributed by atoms with E-state index in [0.717, 1.165) is 30.4 Å². The van der Waals surface area contributed by atoms with Crippen molar-refractivity contribution in [3.63, 3.8) is 0 Å². The summed E-state index contributed by atoms with van der Waals surface area (Å²) in [7, 11) is -3.49. The van der Waals surface area contributed by atoms with Crippen molar-refractivity contribution < 1.29 is 8.42 Å². The Hall–Kier alpha value is -1.91. The zero-order chi connectivity index (χ0) is 16.3. The summed E-state index contributed by atoms with van der Waals surface area (Å²) < 4.78 is 27.7. The molecule has 0 amide bonds. The highest BCUT2D eigenvalue weighted by Gasteiger charge is 2.35. The summed E-state index contributed by atoms with van der Waals surface area (Å²) in [5.41, 5.74) is 1.89. The summed E-state index contributed by atoms with van der Waals surface area (Å²) in [6.07, 6.45) is 2.74. The summed E-state index contributed by atoms with van der Waals surface area (Å²) in [6.45, 7) is 4.75. The van der Waals surface area contributed by atoms with E-state index in [1.54, 1.807) is 28.6 Å². The summed E-state index contributed by atoms with van der Waals surface area (Å²) in [4.78, 5) is 0.354. The van der Waals surface area contributed by atoms with E-state index in [2.05, 4.69) is 6.58 Å². The number of hydrogen-bond donors (Lipinski definition) is 0. The number of hydrogen-bond acceptors (Lipinski definition) is 2. The molecule has 0 N–H and O–H groups in total. The van der Waals surface area contributed by atoms with Crippen LogP contribution in [0.2, 0.25) is 0 Å². The maximum atomic E-state index is 13.0. The van der Waals surface area contributed by atoms with Gasteiger partial charge in [0.1, 0.15) is 0 Å². The molecule has 2 aromatic carbocycles. The monoisotopic (exact) mass is 327 g/mol. The number of sulfonamides is 1. The molecule has 23 heavy (non-hydrogen) atoms. The van der Waals surface area contributed by atoms with Gasteiger partial charge in [0.15, 0.2) is 0 Å². The maximum Gasteiger partial charge on any atom is 0.243 e. The van der Waals surface area contributed by atoms with Crippen molar-refractivity contribution in [2.45, 2.75) is 30.2 Å². The molecule has 0 aliphatic carbocycles.